The highest BCUT2D eigenvalue weighted by molar-refractivity contribution is 14.0. The third-order valence-electron chi connectivity index (χ3n) is 2.64. The Morgan fingerprint density at radius 2 is 2.06 bits per heavy atom. The van der Waals surface area contributed by atoms with Gasteiger partial charge in [0.15, 0.2) is 0 Å². The molecule has 2 rings (SSSR count). The van der Waals surface area contributed by atoms with E-state index in [1.54, 1.807) is 0 Å². The van der Waals surface area contributed by atoms with E-state index in [4.69, 9.17) is 0 Å². The molecule has 1 heterocycles. The molecule has 0 saturated heterocycles. The Hall–Kier alpha value is -0.820. The minimum absolute atomic E-state index is 0. The predicted octanol–water partition coefficient (Wildman–Crippen LogP) is 1.24. The average Bonchev–Trinajstić information content (AvgIpc) is 2.72. The van der Waals surface area contributed by atoms with Crippen molar-refractivity contribution >= 4 is 29.9 Å². The zero-order valence-corrected chi connectivity index (χ0v) is 12.3. The Bertz CT molecular complexity index is 353. The van der Waals surface area contributed by atoms with Crippen molar-refractivity contribution in [1.29, 1.82) is 0 Å². The summed E-state index contributed by atoms with van der Waals surface area (Å²) in [4.78, 5) is 6.44. The van der Waals surface area contributed by atoms with E-state index >= 15 is 0 Å². The van der Waals surface area contributed by atoms with Crippen LogP contribution in [0.2, 0.25) is 0 Å². The zero-order valence-electron chi connectivity index (χ0n) is 10.0. The molecule has 0 saturated carbocycles. The lowest BCUT2D eigenvalue weighted by atomic mass is 10.2. The molecule has 1 aromatic carbocycles. The molecule has 0 amide bonds. The van der Waals surface area contributed by atoms with Gasteiger partial charge in [-0.1, -0.05) is 30.3 Å². The van der Waals surface area contributed by atoms with Crippen LogP contribution in [0.5, 0.6) is 0 Å². The molecule has 1 aliphatic rings. The lowest BCUT2D eigenvalue weighted by molar-refractivity contribution is 0.511. The molecule has 0 bridgehead atoms. The van der Waals surface area contributed by atoms with E-state index in [2.05, 4.69) is 45.0 Å². The minimum Gasteiger partial charge on any atom is -0.343 e. The van der Waals surface area contributed by atoms with Crippen LogP contribution in [0.4, 0.5) is 0 Å². The van der Waals surface area contributed by atoms with Gasteiger partial charge in [0.1, 0.15) is 0 Å². The van der Waals surface area contributed by atoms with Crippen molar-refractivity contribution in [2.75, 3.05) is 26.7 Å². The number of halogens is 1. The van der Waals surface area contributed by atoms with Crippen LogP contribution in [0.15, 0.2) is 35.3 Å². The van der Waals surface area contributed by atoms with E-state index in [9.17, 15) is 0 Å². The van der Waals surface area contributed by atoms with Crippen LogP contribution in [0.1, 0.15) is 5.56 Å². The van der Waals surface area contributed by atoms with Gasteiger partial charge in [-0.15, -0.1) is 24.0 Å². The van der Waals surface area contributed by atoms with Gasteiger partial charge in [-0.05, 0) is 12.0 Å². The molecule has 0 aromatic heterocycles. The summed E-state index contributed by atoms with van der Waals surface area (Å²) in [6, 6.07) is 10.5. The van der Waals surface area contributed by atoms with Gasteiger partial charge in [-0.3, -0.25) is 10.4 Å². The van der Waals surface area contributed by atoms with Crippen molar-refractivity contribution in [3.05, 3.63) is 35.9 Å². The largest absolute Gasteiger partial charge is 0.343 e. The van der Waals surface area contributed by atoms with E-state index in [1.807, 2.05) is 13.1 Å². The van der Waals surface area contributed by atoms with Gasteiger partial charge in [-0.25, -0.2) is 5.43 Å². The minimum atomic E-state index is 0. The molecule has 0 unspecified atom stereocenters. The van der Waals surface area contributed by atoms with E-state index < -0.39 is 0 Å². The van der Waals surface area contributed by atoms with Crippen LogP contribution in [0.25, 0.3) is 0 Å². The summed E-state index contributed by atoms with van der Waals surface area (Å²) < 4.78 is 0. The molecule has 4 nitrogen and oxygen atoms in total. The number of nitrogens with zero attached hydrogens (tertiary/aromatic N) is 2. The molecule has 0 atom stereocenters. The fourth-order valence-electron chi connectivity index (χ4n) is 1.66. The van der Waals surface area contributed by atoms with Crippen LogP contribution < -0.4 is 10.9 Å². The Morgan fingerprint density at radius 1 is 1.29 bits per heavy atom. The number of aliphatic imine (C=N–C) groups is 1. The highest BCUT2D eigenvalue weighted by atomic mass is 127. The predicted molar refractivity (Wildman–Crippen MR) is 81.6 cm³/mol. The Kier molecular flexibility index (Phi) is 6.28. The van der Waals surface area contributed by atoms with Crippen molar-refractivity contribution in [2.45, 2.75) is 6.42 Å². The molecular formula is C12H19IN4. The quantitative estimate of drug-likeness (QED) is 0.490. The van der Waals surface area contributed by atoms with Crippen LogP contribution in [-0.2, 0) is 6.42 Å². The second-order valence-electron chi connectivity index (χ2n) is 3.91. The standard InChI is InChI=1S/C12H18N4.HI/c1-16-10-9-13-12(16)15-14-8-7-11-5-3-2-4-6-11;/h2-6,14H,7-10H2,1H3,(H,13,15);1H. The molecule has 0 fully saturated rings. The SMILES string of the molecule is CN1CCN=C1NNCCc1ccccc1.I. The number of hydrogen-bond acceptors (Lipinski definition) is 4. The van der Waals surface area contributed by atoms with E-state index in [0.29, 0.717) is 0 Å². The van der Waals surface area contributed by atoms with Crippen molar-refractivity contribution < 1.29 is 0 Å². The summed E-state index contributed by atoms with van der Waals surface area (Å²) in [6.07, 6.45) is 1.02. The smallest absolute Gasteiger partial charge is 0.208 e. The van der Waals surface area contributed by atoms with Gasteiger partial charge in [0.05, 0.1) is 6.54 Å². The summed E-state index contributed by atoms with van der Waals surface area (Å²) in [6.45, 7) is 2.79. The van der Waals surface area contributed by atoms with Crippen molar-refractivity contribution in [3.63, 3.8) is 0 Å². The number of likely N-dealkylation sites (N-methyl/N-ethyl adjacent to an activating group) is 1. The first-order valence-corrected chi connectivity index (χ1v) is 5.64. The van der Waals surface area contributed by atoms with Crippen LogP contribution in [0.3, 0.4) is 0 Å². The number of hydrogen-bond donors (Lipinski definition) is 2. The third-order valence-corrected chi connectivity index (χ3v) is 2.64. The molecule has 0 spiro atoms. The lowest BCUT2D eigenvalue weighted by Crippen LogP contribution is -2.44. The number of guanidine groups is 1. The van der Waals surface area contributed by atoms with E-state index in [0.717, 1.165) is 32.0 Å². The molecule has 2 N–H and O–H groups in total. The number of benzene rings is 1. The monoisotopic (exact) mass is 346 g/mol. The molecule has 0 radical (unpaired) electrons. The number of nitrogens with one attached hydrogen (secondary N) is 2. The summed E-state index contributed by atoms with van der Waals surface area (Å²) in [5, 5.41) is 0. The first kappa shape index (κ1) is 14.2. The summed E-state index contributed by atoms with van der Waals surface area (Å²) in [7, 11) is 2.04. The number of hydrazine groups is 1. The maximum absolute atomic E-state index is 4.33. The first-order chi connectivity index (χ1) is 7.86. The highest BCUT2D eigenvalue weighted by Crippen LogP contribution is 1.98. The fourth-order valence-corrected chi connectivity index (χ4v) is 1.66. The topological polar surface area (TPSA) is 39.7 Å². The summed E-state index contributed by atoms with van der Waals surface area (Å²) >= 11 is 0. The van der Waals surface area contributed by atoms with Crippen LogP contribution in [0, 0.1) is 0 Å². The second kappa shape index (κ2) is 7.50. The van der Waals surface area contributed by atoms with Crippen molar-refractivity contribution in [1.82, 2.24) is 15.8 Å². The molecule has 1 aromatic rings. The number of rotatable bonds is 4. The van der Waals surface area contributed by atoms with Gasteiger partial charge in [0.25, 0.3) is 0 Å². The molecule has 0 aliphatic carbocycles. The third kappa shape index (κ3) is 4.51. The molecular weight excluding hydrogens is 327 g/mol. The lowest BCUT2D eigenvalue weighted by Gasteiger charge is -2.15. The summed E-state index contributed by atoms with van der Waals surface area (Å²) in [5.74, 6) is 0.938. The zero-order chi connectivity index (χ0) is 11.2. The van der Waals surface area contributed by atoms with Gasteiger partial charge < -0.3 is 4.90 Å². The summed E-state index contributed by atoms with van der Waals surface area (Å²) in [5.41, 5.74) is 7.66. The first-order valence-electron chi connectivity index (χ1n) is 5.64. The maximum atomic E-state index is 4.33. The van der Waals surface area contributed by atoms with Gasteiger partial charge in [-0.2, -0.15) is 0 Å². The molecule has 17 heavy (non-hydrogen) atoms. The van der Waals surface area contributed by atoms with E-state index in [-0.39, 0.29) is 24.0 Å². The molecule has 94 valence electrons. The van der Waals surface area contributed by atoms with Crippen molar-refractivity contribution in [3.8, 4) is 0 Å². The normalized spacial score (nSPS) is 14.2. The van der Waals surface area contributed by atoms with Crippen LogP contribution >= 0.6 is 24.0 Å². The average molecular weight is 346 g/mol. The Balaban J connectivity index is 0.00000144. The van der Waals surface area contributed by atoms with Gasteiger partial charge in [0.2, 0.25) is 5.96 Å². The Labute approximate surface area is 119 Å². The van der Waals surface area contributed by atoms with E-state index in [1.165, 1.54) is 5.56 Å². The maximum Gasteiger partial charge on any atom is 0.208 e. The van der Waals surface area contributed by atoms with Crippen molar-refractivity contribution in [2.24, 2.45) is 4.99 Å². The molecule has 1 aliphatic heterocycles. The van der Waals surface area contributed by atoms with Gasteiger partial charge >= 0.3 is 0 Å². The van der Waals surface area contributed by atoms with Gasteiger partial charge in [0, 0.05) is 20.1 Å². The van der Waals surface area contributed by atoms with Crippen LogP contribution in [-0.4, -0.2) is 37.5 Å². The second-order valence-corrected chi connectivity index (χ2v) is 3.91. The fraction of sp³-hybridized carbons (Fsp3) is 0.417. The molecule has 5 heteroatoms. The Morgan fingerprint density at radius 3 is 2.71 bits per heavy atom. The highest BCUT2D eigenvalue weighted by Gasteiger charge is 2.10.